The molecule has 0 aliphatic heterocycles. The van der Waals surface area contributed by atoms with E-state index in [1.165, 1.54) is 5.56 Å². The van der Waals surface area contributed by atoms with Crippen molar-refractivity contribution in [3.63, 3.8) is 0 Å². The molecule has 1 N–H and O–H groups in total. The van der Waals surface area contributed by atoms with Crippen LogP contribution in [0, 0.1) is 5.92 Å². The summed E-state index contributed by atoms with van der Waals surface area (Å²) in [7, 11) is 0. The molecule has 2 nitrogen and oxygen atoms in total. The van der Waals surface area contributed by atoms with Crippen molar-refractivity contribution in [1.29, 1.82) is 0 Å². The van der Waals surface area contributed by atoms with Crippen LogP contribution in [-0.4, -0.2) is 11.1 Å². The zero-order valence-electron chi connectivity index (χ0n) is 12.1. The lowest BCUT2D eigenvalue weighted by atomic mass is 9.92. The molecule has 1 atom stereocenters. The third-order valence-electron chi connectivity index (χ3n) is 3.69. The Labute approximate surface area is 130 Å². The standard InChI is InChI=1S/C18H19ClO2/c1-2-13-7-9-14(10-8-13)11-16(18(20)21)12-15-5-3-4-6-17(15)19/h3-10,16H,2,11-12H2,1H3,(H,20,21). The molecule has 0 saturated carbocycles. The average Bonchev–Trinajstić information content (AvgIpc) is 2.49. The Hall–Kier alpha value is -1.80. The highest BCUT2D eigenvalue weighted by atomic mass is 35.5. The lowest BCUT2D eigenvalue weighted by molar-refractivity contribution is -0.141. The summed E-state index contributed by atoms with van der Waals surface area (Å²) in [5, 5.41) is 10.1. The summed E-state index contributed by atoms with van der Waals surface area (Å²) in [6, 6.07) is 15.6. The zero-order chi connectivity index (χ0) is 15.2. The van der Waals surface area contributed by atoms with Crippen LogP contribution >= 0.6 is 11.6 Å². The highest BCUT2D eigenvalue weighted by molar-refractivity contribution is 6.31. The van der Waals surface area contributed by atoms with E-state index in [0.29, 0.717) is 17.9 Å². The number of aryl methyl sites for hydroxylation is 1. The minimum Gasteiger partial charge on any atom is -0.481 e. The third-order valence-corrected chi connectivity index (χ3v) is 4.06. The molecular formula is C18H19ClO2. The Morgan fingerprint density at radius 1 is 1.05 bits per heavy atom. The smallest absolute Gasteiger partial charge is 0.307 e. The van der Waals surface area contributed by atoms with Gasteiger partial charge in [-0.3, -0.25) is 4.79 Å². The molecule has 0 spiro atoms. The predicted molar refractivity (Wildman–Crippen MR) is 85.8 cm³/mol. The molecule has 110 valence electrons. The molecule has 0 aliphatic carbocycles. The maximum Gasteiger partial charge on any atom is 0.307 e. The van der Waals surface area contributed by atoms with Gasteiger partial charge in [-0.1, -0.05) is 61.0 Å². The van der Waals surface area contributed by atoms with Crippen molar-refractivity contribution < 1.29 is 9.90 Å². The summed E-state index contributed by atoms with van der Waals surface area (Å²) in [6.45, 7) is 2.10. The van der Waals surface area contributed by atoms with E-state index in [0.717, 1.165) is 17.5 Å². The highest BCUT2D eigenvalue weighted by Gasteiger charge is 2.19. The van der Waals surface area contributed by atoms with Gasteiger partial charge >= 0.3 is 5.97 Å². The molecule has 0 heterocycles. The molecule has 0 bridgehead atoms. The molecule has 3 heteroatoms. The van der Waals surface area contributed by atoms with Gasteiger partial charge in [0.25, 0.3) is 0 Å². The summed E-state index contributed by atoms with van der Waals surface area (Å²) in [6.07, 6.45) is 1.96. The van der Waals surface area contributed by atoms with Crippen LogP contribution in [-0.2, 0) is 24.1 Å². The minimum atomic E-state index is -0.783. The number of carbonyl (C=O) groups is 1. The van der Waals surface area contributed by atoms with Crippen LogP contribution in [0.15, 0.2) is 48.5 Å². The monoisotopic (exact) mass is 302 g/mol. The van der Waals surface area contributed by atoms with E-state index in [4.69, 9.17) is 11.6 Å². The summed E-state index contributed by atoms with van der Waals surface area (Å²) in [5.74, 6) is -1.24. The van der Waals surface area contributed by atoms with Gasteiger partial charge in [-0.05, 0) is 42.0 Å². The average molecular weight is 303 g/mol. The molecule has 2 aromatic rings. The molecule has 0 radical (unpaired) electrons. The molecule has 21 heavy (non-hydrogen) atoms. The second-order valence-electron chi connectivity index (χ2n) is 5.20. The van der Waals surface area contributed by atoms with Crippen molar-refractivity contribution in [3.05, 3.63) is 70.2 Å². The first-order valence-electron chi connectivity index (χ1n) is 7.14. The van der Waals surface area contributed by atoms with E-state index < -0.39 is 11.9 Å². The second kappa shape index (κ2) is 7.28. The van der Waals surface area contributed by atoms with Crippen molar-refractivity contribution in [2.75, 3.05) is 0 Å². The first-order valence-corrected chi connectivity index (χ1v) is 7.52. The Kier molecular flexibility index (Phi) is 5.40. The van der Waals surface area contributed by atoms with Gasteiger partial charge in [0.05, 0.1) is 5.92 Å². The molecule has 0 aliphatic rings. The zero-order valence-corrected chi connectivity index (χ0v) is 12.8. The van der Waals surface area contributed by atoms with Gasteiger partial charge in [-0.2, -0.15) is 0 Å². The molecular weight excluding hydrogens is 284 g/mol. The largest absolute Gasteiger partial charge is 0.481 e. The molecule has 2 rings (SSSR count). The second-order valence-corrected chi connectivity index (χ2v) is 5.61. The quantitative estimate of drug-likeness (QED) is 0.859. The van der Waals surface area contributed by atoms with Crippen molar-refractivity contribution in [1.82, 2.24) is 0 Å². The maximum absolute atomic E-state index is 11.5. The van der Waals surface area contributed by atoms with E-state index in [1.807, 2.05) is 30.3 Å². The summed E-state index contributed by atoms with van der Waals surface area (Å²) in [5.41, 5.74) is 3.19. The van der Waals surface area contributed by atoms with Crippen molar-refractivity contribution >= 4 is 17.6 Å². The third kappa shape index (κ3) is 4.33. The fourth-order valence-corrected chi connectivity index (χ4v) is 2.58. The fourth-order valence-electron chi connectivity index (χ4n) is 2.37. The fraction of sp³-hybridized carbons (Fsp3) is 0.278. The lowest BCUT2D eigenvalue weighted by Crippen LogP contribution is -2.19. The maximum atomic E-state index is 11.5. The van der Waals surface area contributed by atoms with E-state index >= 15 is 0 Å². The van der Waals surface area contributed by atoms with Crippen LogP contribution in [0.5, 0.6) is 0 Å². The summed E-state index contributed by atoms with van der Waals surface area (Å²) >= 11 is 6.12. The Balaban J connectivity index is 2.12. The van der Waals surface area contributed by atoms with Gasteiger partial charge in [0.1, 0.15) is 0 Å². The van der Waals surface area contributed by atoms with Gasteiger partial charge in [0, 0.05) is 5.02 Å². The van der Waals surface area contributed by atoms with Crippen LogP contribution < -0.4 is 0 Å². The number of halogens is 1. The van der Waals surface area contributed by atoms with Crippen molar-refractivity contribution in [3.8, 4) is 0 Å². The first-order chi connectivity index (χ1) is 10.1. The van der Waals surface area contributed by atoms with E-state index in [9.17, 15) is 9.90 Å². The van der Waals surface area contributed by atoms with Crippen LogP contribution in [0.2, 0.25) is 5.02 Å². The molecule has 0 aromatic heterocycles. The lowest BCUT2D eigenvalue weighted by Gasteiger charge is -2.14. The van der Waals surface area contributed by atoms with Gasteiger partial charge in [0.15, 0.2) is 0 Å². The van der Waals surface area contributed by atoms with Crippen LogP contribution in [0.4, 0.5) is 0 Å². The van der Waals surface area contributed by atoms with Crippen LogP contribution in [0.1, 0.15) is 23.6 Å². The van der Waals surface area contributed by atoms with Gasteiger partial charge in [0.2, 0.25) is 0 Å². The first kappa shape index (κ1) is 15.6. The number of hydrogen-bond acceptors (Lipinski definition) is 1. The summed E-state index contributed by atoms with van der Waals surface area (Å²) in [4.78, 5) is 11.5. The molecule has 0 saturated heterocycles. The highest BCUT2D eigenvalue weighted by Crippen LogP contribution is 2.21. The van der Waals surface area contributed by atoms with Gasteiger partial charge in [-0.15, -0.1) is 0 Å². The van der Waals surface area contributed by atoms with Crippen molar-refractivity contribution in [2.45, 2.75) is 26.2 Å². The molecule has 1 unspecified atom stereocenters. The number of rotatable bonds is 6. The molecule has 2 aromatic carbocycles. The number of benzene rings is 2. The number of carboxylic acid groups (broad SMARTS) is 1. The Morgan fingerprint density at radius 2 is 1.67 bits per heavy atom. The Morgan fingerprint density at radius 3 is 2.24 bits per heavy atom. The number of aliphatic carboxylic acids is 1. The van der Waals surface area contributed by atoms with E-state index in [1.54, 1.807) is 6.07 Å². The topological polar surface area (TPSA) is 37.3 Å². The van der Waals surface area contributed by atoms with Crippen LogP contribution in [0.25, 0.3) is 0 Å². The van der Waals surface area contributed by atoms with Crippen LogP contribution in [0.3, 0.4) is 0 Å². The number of carboxylic acids is 1. The number of hydrogen-bond donors (Lipinski definition) is 1. The normalized spacial score (nSPS) is 12.1. The molecule has 0 fully saturated rings. The van der Waals surface area contributed by atoms with E-state index in [-0.39, 0.29) is 0 Å². The van der Waals surface area contributed by atoms with E-state index in [2.05, 4.69) is 19.1 Å². The minimum absolute atomic E-state index is 0.449. The Bertz CT molecular complexity index is 605. The summed E-state index contributed by atoms with van der Waals surface area (Å²) < 4.78 is 0. The predicted octanol–water partition coefficient (Wildman–Crippen LogP) is 4.39. The SMILES string of the molecule is CCc1ccc(CC(Cc2ccccc2Cl)C(=O)O)cc1. The van der Waals surface area contributed by atoms with Gasteiger partial charge < -0.3 is 5.11 Å². The van der Waals surface area contributed by atoms with Crippen molar-refractivity contribution in [2.24, 2.45) is 5.92 Å². The molecule has 0 amide bonds. The van der Waals surface area contributed by atoms with Gasteiger partial charge in [-0.25, -0.2) is 0 Å².